The highest BCUT2D eigenvalue weighted by Gasteiger charge is 2.75. The third-order valence-corrected chi connectivity index (χ3v) is 24.5. The summed E-state index contributed by atoms with van der Waals surface area (Å²) in [6.45, 7) is 0. The maximum atomic E-state index is 14.1. The van der Waals surface area contributed by atoms with E-state index in [0.29, 0.717) is 29.4 Å². The molecule has 0 aliphatic rings. The minimum Gasteiger partial charge on any atom is -0.743 e. The lowest BCUT2D eigenvalue weighted by Crippen LogP contribution is -2.63. The SMILES string of the molecule is O=C([O-])C(F)(F)C(F)(F)C(F)(F)S(=O)(=O)[O-].O=S(=O)(Oc1ccc([S+](c2ccccc2)c2ccc(OS(=O)(=O)c3c(F)c(F)c(F)c(F)c3F)cc2)cc1)c1c(F)c(F)c(F)c(F)c1F.O=S(=O)(Oc1ccc([S+](c2ccccc2)c2ccc(OS(=O)(=O)c3c(F)c(F)c(F)c(F)c3F)cc2)cc1)c1c(F)c(F)c(F)c(F)c1F. The number of hydrogen-bond acceptors (Lipinski definition) is 17. The zero-order valence-electron chi connectivity index (χ0n) is 53.6. The van der Waals surface area contributed by atoms with Crippen LogP contribution in [-0.4, -0.2) is 69.7 Å². The van der Waals surface area contributed by atoms with Crippen molar-refractivity contribution in [2.75, 3.05) is 0 Å². The van der Waals surface area contributed by atoms with Crippen LogP contribution in [0.5, 0.6) is 23.0 Å². The molecule has 0 aliphatic carbocycles. The Labute approximate surface area is 625 Å². The van der Waals surface area contributed by atoms with Crippen molar-refractivity contribution in [2.45, 2.75) is 66.1 Å². The highest BCUT2D eigenvalue weighted by molar-refractivity contribution is 7.97. The van der Waals surface area contributed by atoms with Gasteiger partial charge >= 0.3 is 57.6 Å². The second-order valence-corrected chi connectivity index (χ2v) is 32.7. The van der Waals surface area contributed by atoms with Gasteiger partial charge in [0, 0.05) is 0 Å². The first kappa shape index (κ1) is 89.0. The van der Waals surface area contributed by atoms with Crippen LogP contribution in [0.1, 0.15) is 0 Å². The van der Waals surface area contributed by atoms with Gasteiger partial charge in [0.25, 0.3) is 0 Å². The fraction of sp³-hybridized carbons (Fsp3) is 0.0469. The molecule has 0 aromatic heterocycles. The number of benzene rings is 10. The molecular weight excluding hydrogens is 1760 g/mol. The third kappa shape index (κ3) is 17.4. The van der Waals surface area contributed by atoms with E-state index in [1.54, 1.807) is 60.7 Å². The van der Waals surface area contributed by atoms with Crippen LogP contribution in [0.3, 0.4) is 0 Å². The number of carboxylic acid groups (broad SMARTS) is 1. The van der Waals surface area contributed by atoms with E-state index >= 15 is 0 Å². The molecule has 10 aromatic rings. The number of carbonyl (C=O) groups excluding carboxylic acids is 1. The van der Waals surface area contributed by atoms with Crippen LogP contribution in [0.4, 0.5) is 114 Å². The molecule has 0 atom stereocenters. The Morgan fingerprint density at radius 2 is 0.421 bits per heavy atom. The quantitative estimate of drug-likeness (QED) is 0.0152. The van der Waals surface area contributed by atoms with Crippen molar-refractivity contribution < 1.29 is 187 Å². The van der Waals surface area contributed by atoms with Crippen molar-refractivity contribution in [2.24, 2.45) is 0 Å². The van der Waals surface area contributed by atoms with E-state index < -0.39 is 254 Å². The smallest absolute Gasteiger partial charge is 0.402 e. The lowest BCUT2D eigenvalue weighted by Gasteiger charge is -2.33. The van der Waals surface area contributed by atoms with Gasteiger partial charge in [0.1, 0.15) is 29.0 Å². The molecule has 608 valence electrons. The maximum Gasteiger partial charge on any atom is 0.402 e. The molecule has 0 saturated carbocycles. The minimum absolute atomic E-state index is 0.398. The van der Waals surface area contributed by atoms with Gasteiger partial charge in [-0.25, -0.2) is 96.2 Å². The topological polar surface area (TPSA) is 271 Å². The Morgan fingerprint density at radius 3 is 0.579 bits per heavy atom. The van der Waals surface area contributed by atoms with Crippen molar-refractivity contribution in [1.82, 2.24) is 0 Å². The van der Waals surface area contributed by atoms with Crippen LogP contribution >= 0.6 is 0 Å². The molecule has 114 heavy (non-hydrogen) atoms. The van der Waals surface area contributed by atoms with Gasteiger partial charge in [0.15, 0.2) is 152 Å². The first-order valence-electron chi connectivity index (χ1n) is 28.7. The van der Waals surface area contributed by atoms with Crippen LogP contribution in [0, 0.1) is 116 Å². The number of halogens is 26. The molecule has 17 nitrogen and oxygen atoms in total. The molecule has 10 rings (SSSR count). The van der Waals surface area contributed by atoms with Crippen LogP contribution in [0.25, 0.3) is 0 Å². The molecule has 0 radical (unpaired) electrons. The highest BCUT2D eigenvalue weighted by atomic mass is 32.2. The average molecular weight is 1790 g/mol. The normalized spacial score (nSPS) is 12.4. The van der Waals surface area contributed by atoms with Crippen LogP contribution in [-0.2, 0) is 77.2 Å². The predicted molar refractivity (Wildman–Crippen MR) is 329 cm³/mol. The largest absolute Gasteiger partial charge is 0.743 e. The number of carboxylic acids is 1. The molecular formula is C64H26F26O17S7. The van der Waals surface area contributed by atoms with Gasteiger partial charge in [-0.15, -0.1) is 0 Å². The van der Waals surface area contributed by atoms with Crippen molar-refractivity contribution >= 4 is 78.3 Å². The Bertz CT molecular complexity index is 5300. The fourth-order valence-electron chi connectivity index (χ4n) is 8.81. The molecule has 0 bridgehead atoms. The highest BCUT2D eigenvalue weighted by Crippen LogP contribution is 2.48. The monoisotopic (exact) mass is 1780 g/mol. The van der Waals surface area contributed by atoms with Crippen LogP contribution in [0.15, 0.2) is 207 Å². The fourth-order valence-corrected chi connectivity index (χ4v) is 17.6. The molecule has 0 heterocycles. The Kier molecular flexibility index (Phi) is 25.9. The molecule has 0 fully saturated rings. The standard InChI is InChI=1S/2C30H13F10O6S3.C4H2F6O5S/c2*31-19-21(33)25(37)29(26(38)22(19)34)48(41,42)45-14-6-10-17(11-7-14)47(16-4-2-1-3-5-16)18-12-8-15(9-13-18)46-49(43,44)30-27(39)23(35)20(32)24(36)28(30)40;5-2(6,1(11)12)3(7,8)4(9,10)16(13,14)15/h2*1-13H;(H,11,12)(H,13,14,15)/q2*+1;/p-2. The van der Waals surface area contributed by atoms with E-state index in [4.69, 9.17) is 0 Å². The van der Waals surface area contributed by atoms with Crippen molar-refractivity contribution in [1.29, 1.82) is 0 Å². The maximum absolute atomic E-state index is 14.1. The second-order valence-electron chi connectivity index (χ2n) is 21.3. The van der Waals surface area contributed by atoms with Crippen LogP contribution < -0.4 is 21.8 Å². The third-order valence-electron chi connectivity index (χ3n) is 14.0. The molecule has 10 aromatic carbocycles. The van der Waals surface area contributed by atoms with Crippen molar-refractivity contribution in [3.63, 3.8) is 0 Å². The number of hydrogen-bond donors (Lipinski definition) is 0. The lowest BCUT2D eigenvalue weighted by molar-refractivity contribution is -0.361. The zero-order valence-corrected chi connectivity index (χ0v) is 59.4. The van der Waals surface area contributed by atoms with E-state index in [0.717, 1.165) is 48.5 Å². The van der Waals surface area contributed by atoms with Gasteiger partial charge < -0.3 is 31.2 Å². The van der Waals surface area contributed by atoms with Gasteiger partial charge in [-0.05, 0) is 121 Å². The minimum atomic E-state index is -7.18. The first-order chi connectivity index (χ1) is 52.6. The first-order valence-corrected chi connectivity index (χ1v) is 38.2. The molecule has 0 aliphatic heterocycles. The Morgan fingerprint density at radius 1 is 0.263 bits per heavy atom. The Balaban J connectivity index is 0.000000240. The summed E-state index contributed by atoms with van der Waals surface area (Å²) >= 11 is 0. The van der Waals surface area contributed by atoms with E-state index in [1.165, 1.54) is 48.5 Å². The molecule has 0 unspecified atom stereocenters. The van der Waals surface area contributed by atoms with E-state index in [-0.39, 0.29) is 0 Å². The summed E-state index contributed by atoms with van der Waals surface area (Å²) in [4.78, 5) is 3.44. The van der Waals surface area contributed by atoms with E-state index in [1.807, 2.05) is 0 Å². The summed E-state index contributed by atoms with van der Waals surface area (Å²) in [5.41, 5.74) is 0. The zero-order chi connectivity index (χ0) is 85.6. The summed E-state index contributed by atoms with van der Waals surface area (Å²) in [5.74, 6) is -71.2. The van der Waals surface area contributed by atoms with Gasteiger partial charge in [0.2, 0.25) is 23.3 Å². The lowest BCUT2D eigenvalue weighted by atomic mass is 10.2. The van der Waals surface area contributed by atoms with Crippen molar-refractivity contribution in [3.05, 3.63) is 274 Å². The summed E-state index contributed by atoms with van der Waals surface area (Å²) in [6.07, 6.45) is 0. The summed E-state index contributed by atoms with van der Waals surface area (Å²) in [7, 11) is -31.8. The second kappa shape index (κ2) is 33.1. The number of aliphatic carboxylic acids is 1. The summed E-state index contributed by atoms with van der Waals surface area (Å²) < 4.78 is 496. The predicted octanol–water partition coefficient (Wildman–Crippen LogP) is 14.6. The molecule has 0 N–H and O–H groups in total. The summed E-state index contributed by atoms with van der Waals surface area (Å²) in [5, 5.41) is 2.68. The van der Waals surface area contributed by atoms with Gasteiger partial charge in [-0.2, -0.15) is 60.0 Å². The number of rotatable bonds is 22. The number of carbonyl (C=O) groups is 1. The van der Waals surface area contributed by atoms with Gasteiger partial charge in [-0.3, -0.25) is 0 Å². The molecule has 0 amide bonds. The van der Waals surface area contributed by atoms with E-state index in [9.17, 15) is 171 Å². The average Bonchev–Trinajstić information content (AvgIpc) is 0.763. The number of alkyl halides is 6. The summed E-state index contributed by atoms with van der Waals surface area (Å²) in [6, 6.07) is 35.0. The molecule has 0 spiro atoms. The van der Waals surface area contributed by atoms with Gasteiger partial charge in [-0.1, -0.05) is 36.4 Å². The van der Waals surface area contributed by atoms with E-state index in [2.05, 4.69) is 16.7 Å². The molecule has 0 saturated heterocycles. The van der Waals surface area contributed by atoms with Crippen LogP contribution in [0.2, 0.25) is 0 Å². The van der Waals surface area contributed by atoms with Crippen molar-refractivity contribution in [3.8, 4) is 23.0 Å². The van der Waals surface area contributed by atoms with Gasteiger partial charge in [0.05, 0.1) is 21.8 Å². The molecule has 50 heteroatoms. The Hall–Kier alpha value is -10.5.